The number of para-hydroxylation sites is 2. The summed E-state index contributed by atoms with van der Waals surface area (Å²) >= 11 is 0. The maximum absolute atomic E-state index is 5.99. The summed E-state index contributed by atoms with van der Waals surface area (Å²) in [5.41, 5.74) is 1.09. The molecule has 0 amide bonds. The molecule has 1 heterocycles. The van der Waals surface area contributed by atoms with Gasteiger partial charge in [-0.25, -0.2) is 0 Å². The van der Waals surface area contributed by atoms with Gasteiger partial charge in [-0.2, -0.15) is 0 Å². The fourth-order valence-electron chi connectivity index (χ4n) is 3.00. The lowest BCUT2D eigenvalue weighted by Crippen LogP contribution is -2.45. The Labute approximate surface area is 114 Å². The molecule has 1 aromatic rings. The van der Waals surface area contributed by atoms with E-state index in [0.29, 0.717) is 12.1 Å². The van der Waals surface area contributed by atoms with E-state index in [-0.39, 0.29) is 6.10 Å². The van der Waals surface area contributed by atoms with Crippen LogP contribution >= 0.6 is 0 Å². The molecule has 3 rings (SSSR count). The summed E-state index contributed by atoms with van der Waals surface area (Å²) in [5.74, 6) is 0.954. The fourth-order valence-corrected chi connectivity index (χ4v) is 3.00. The topological polar surface area (TPSA) is 42.5 Å². The first-order chi connectivity index (χ1) is 9.36. The van der Waals surface area contributed by atoms with Crippen LogP contribution in [0.1, 0.15) is 19.3 Å². The number of hydrogen-bond acceptors (Lipinski definition) is 4. The Morgan fingerprint density at radius 3 is 3.16 bits per heavy atom. The number of rotatable bonds is 4. The van der Waals surface area contributed by atoms with Crippen molar-refractivity contribution in [2.45, 2.75) is 37.5 Å². The highest BCUT2D eigenvalue weighted by molar-refractivity contribution is 5.57. The van der Waals surface area contributed by atoms with E-state index in [1.54, 1.807) is 7.11 Å². The lowest BCUT2D eigenvalue weighted by Gasteiger charge is -2.29. The first-order valence-corrected chi connectivity index (χ1v) is 7.12. The number of anilines is 1. The normalized spacial score (nSPS) is 29.4. The number of nitrogens with one attached hydrogen (secondary N) is 2. The van der Waals surface area contributed by atoms with E-state index >= 15 is 0 Å². The Morgan fingerprint density at radius 1 is 1.37 bits per heavy atom. The van der Waals surface area contributed by atoms with Gasteiger partial charge in [-0.3, -0.25) is 0 Å². The minimum Gasteiger partial charge on any atom is -0.485 e. The smallest absolute Gasteiger partial charge is 0.142 e. The van der Waals surface area contributed by atoms with E-state index in [0.717, 1.165) is 24.5 Å². The zero-order valence-corrected chi connectivity index (χ0v) is 11.4. The second kappa shape index (κ2) is 5.80. The summed E-state index contributed by atoms with van der Waals surface area (Å²) in [7, 11) is 1.81. The number of methoxy groups -OCH3 is 1. The minimum atomic E-state index is 0.188. The van der Waals surface area contributed by atoms with Crippen LogP contribution in [0, 0.1) is 0 Å². The Bertz CT molecular complexity index is 424. The van der Waals surface area contributed by atoms with Crippen molar-refractivity contribution in [1.82, 2.24) is 5.32 Å². The molecule has 1 aliphatic heterocycles. The van der Waals surface area contributed by atoms with Gasteiger partial charge in [0.2, 0.25) is 0 Å². The number of fused-ring (bicyclic) bond motifs is 1. The largest absolute Gasteiger partial charge is 0.485 e. The van der Waals surface area contributed by atoms with E-state index in [9.17, 15) is 0 Å². The lowest BCUT2D eigenvalue weighted by atomic mass is 10.2. The zero-order chi connectivity index (χ0) is 13.1. The Morgan fingerprint density at radius 2 is 2.26 bits per heavy atom. The van der Waals surface area contributed by atoms with Crippen LogP contribution in [0.25, 0.3) is 0 Å². The molecule has 0 spiro atoms. The van der Waals surface area contributed by atoms with Crippen LogP contribution in [0.3, 0.4) is 0 Å². The molecule has 1 saturated carbocycles. The summed E-state index contributed by atoms with van der Waals surface area (Å²) in [6, 6.07) is 8.58. The van der Waals surface area contributed by atoms with Gasteiger partial charge >= 0.3 is 0 Å². The van der Waals surface area contributed by atoms with Gasteiger partial charge in [-0.1, -0.05) is 12.1 Å². The highest BCUT2D eigenvalue weighted by Crippen LogP contribution is 2.28. The van der Waals surface area contributed by atoms with Gasteiger partial charge in [0.1, 0.15) is 11.9 Å². The van der Waals surface area contributed by atoms with Crippen molar-refractivity contribution < 1.29 is 9.47 Å². The Hall–Kier alpha value is -1.26. The van der Waals surface area contributed by atoms with Gasteiger partial charge in [-0.15, -0.1) is 0 Å². The summed E-state index contributed by atoms with van der Waals surface area (Å²) < 4.78 is 11.5. The predicted molar refractivity (Wildman–Crippen MR) is 75.8 cm³/mol. The van der Waals surface area contributed by atoms with Crippen molar-refractivity contribution in [2.75, 3.05) is 25.5 Å². The average Bonchev–Trinajstić information content (AvgIpc) is 2.92. The van der Waals surface area contributed by atoms with Crippen LogP contribution in [0.15, 0.2) is 24.3 Å². The molecule has 4 nitrogen and oxygen atoms in total. The SMILES string of the molecule is COC1CCCC1NCC1CNc2ccccc2O1. The number of ether oxygens (including phenoxy) is 2. The second-order valence-electron chi connectivity index (χ2n) is 5.34. The molecule has 1 fully saturated rings. The highest BCUT2D eigenvalue weighted by atomic mass is 16.5. The number of hydrogen-bond donors (Lipinski definition) is 2. The quantitative estimate of drug-likeness (QED) is 0.871. The van der Waals surface area contributed by atoms with Crippen molar-refractivity contribution in [3.05, 3.63) is 24.3 Å². The summed E-state index contributed by atoms with van der Waals surface area (Å²) in [5, 5.41) is 7.01. The van der Waals surface area contributed by atoms with Crippen molar-refractivity contribution >= 4 is 5.69 Å². The van der Waals surface area contributed by atoms with Crippen molar-refractivity contribution in [1.29, 1.82) is 0 Å². The predicted octanol–water partition coefficient (Wildman–Crippen LogP) is 2.02. The summed E-state index contributed by atoms with van der Waals surface area (Å²) in [6.07, 6.45) is 4.18. The maximum Gasteiger partial charge on any atom is 0.142 e. The van der Waals surface area contributed by atoms with Gasteiger partial charge < -0.3 is 20.1 Å². The maximum atomic E-state index is 5.99. The standard InChI is InChI=1S/C15H22N2O2/c1-18-14-8-4-6-12(14)16-9-11-10-17-13-5-2-3-7-15(13)19-11/h2-3,5,7,11-12,14,16-17H,4,6,8-10H2,1H3. The second-order valence-corrected chi connectivity index (χ2v) is 5.34. The molecule has 104 valence electrons. The monoisotopic (exact) mass is 262 g/mol. The molecule has 0 radical (unpaired) electrons. The molecule has 19 heavy (non-hydrogen) atoms. The van der Waals surface area contributed by atoms with Gasteiger partial charge in [0.25, 0.3) is 0 Å². The van der Waals surface area contributed by atoms with Gasteiger partial charge in [0, 0.05) is 19.7 Å². The molecule has 0 aromatic heterocycles. The van der Waals surface area contributed by atoms with E-state index in [4.69, 9.17) is 9.47 Å². The molecule has 4 heteroatoms. The van der Waals surface area contributed by atoms with Gasteiger partial charge in [0.15, 0.2) is 0 Å². The first-order valence-electron chi connectivity index (χ1n) is 7.12. The highest BCUT2D eigenvalue weighted by Gasteiger charge is 2.28. The molecule has 1 aromatic carbocycles. The van der Waals surface area contributed by atoms with Crippen molar-refractivity contribution in [3.63, 3.8) is 0 Å². The summed E-state index contributed by atoms with van der Waals surface area (Å²) in [6.45, 7) is 1.72. The lowest BCUT2D eigenvalue weighted by molar-refractivity contribution is 0.0803. The molecule has 1 aliphatic carbocycles. The summed E-state index contributed by atoms with van der Waals surface area (Å²) in [4.78, 5) is 0. The van der Waals surface area contributed by atoms with Crippen molar-refractivity contribution in [3.8, 4) is 5.75 Å². The van der Waals surface area contributed by atoms with Gasteiger partial charge in [-0.05, 0) is 31.4 Å². The van der Waals surface area contributed by atoms with Crippen LogP contribution in [0.5, 0.6) is 5.75 Å². The Balaban J connectivity index is 1.52. The fraction of sp³-hybridized carbons (Fsp3) is 0.600. The van der Waals surface area contributed by atoms with Crippen LogP contribution < -0.4 is 15.4 Å². The Kier molecular flexibility index (Phi) is 3.89. The molecule has 2 N–H and O–H groups in total. The van der Waals surface area contributed by atoms with Crippen LogP contribution in [-0.4, -0.2) is 38.4 Å². The van der Waals surface area contributed by atoms with Crippen LogP contribution in [0.4, 0.5) is 5.69 Å². The van der Waals surface area contributed by atoms with Crippen LogP contribution in [-0.2, 0) is 4.74 Å². The minimum absolute atomic E-state index is 0.188. The third kappa shape index (κ3) is 2.85. The van der Waals surface area contributed by atoms with E-state index < -0.39 is 0 Å². The third-order valence-electron chi connectivity index (χ3n) is 4.06. The molecule has 3 unspecified atom stereocenters. The molecule has 0 saturated heterocycles. The molecule has 0 bridgehead atoms. The van der Waals surface area contributed by atoms with Gasteiger partial charge in [0.05, 0.1) is 18.3 Å². The van der Waals surface area contributed by atoms with E-state index in [1.165, 1.54) is 19.3 Å². The molecular weight excluding hydrogens is 240 g/mol. The molecule has 3 atom stereocenters. The molecular formula is C15H22N2O2. The zero-order valence-electron chi connectivity index (χ0n) is 11.4. The van der Waals surface area contributed by atoms with Crippen LogP contribution in [0.2, 0.25) is 0 Å². The van der Waals surface area contributed by atoms with Crippen molar-refractivity contribution in [2.24, 2.45) is 0 Å². The first kappa shape index (κ1) is 12.8. The third-order valence-corrected chi connectivity index (χ3v) is 4.06. The van der Waals surface area contributed by atoms with E-state index in [2.05, 4.69) is 16.7 Å². The number of benzene rings is 1. The van der Waals surface area contributed by atoms with E-state index in [1.807, 2.05) is 18.2 Å². The molecule has 2 aliphatic rings. The average molecular weight is 262 g/mol.